The number of rotatable bonds is 3. The molecule has 0 bridgehead atoms. The van der Waals surface area contributed by atoms with E-state index in [1.165, 1.54) is 0 Å². The average molecular weight is 368 g/mol. The van der Waals surface area contributed by atoms with Crippen LogP contribution in [0.5, 0.6) is 0 Å². The number of hydrogen-bond acceptors (Lipinski definition) is 6. The summed E-state index contributed by atoms with van der Waals surface area (Å²) in [6.45, 7) is 6.01. The summed E-state index contributed by atoms with van der Waals surface area (Å²) in [5.41, 5.74) is 1.86. The Morgan fingerprint density at radius 2 is 2.00 bits per heavy atom. The van der Waals surface area contributed by atoms with Crippen LogP contribution >= 0.6 is 23.1 Å². The van der Waals surface area contributed by atoms with Gasteiger partial charge in [0.15, 0.2) is 0 Å². The predicted octanol–water partition coefficient (Wildman–Crippen LogP) is 4.40. The largest absolute Gasteiger partial charge is 0.309 e. The lowest BCUT2D eigenvalue weighted by Gasteiger charge is -2.11. The van der Waals surface area contributed by atoms with E-state index in [1.807, 2.05) is 45.0 Å². The minimum Gasteiger partial charge on any atom is -0.309 e. The first-order valence-electron chi connectivity index (χ1n) is 7.91. The fourth-order valence-electron chi connectivity index (χ4n) is 2.76. The third kappa shape index (κ3) is 2.83. The Morgan fingerprint density at radius 1 is 1.20 bits per heavy atom. The number of aromatic nitrogens is 4. The summed E-state index contributed by atoms with van der Waals surface area (Å²) >= 11 is 3.14. The molecule has 0 fully saturated rings. The van der Waals surface area contributed by atoms with Gasteiger partial charge in [-0.15, -0.1) is 11.3 Å². The van der Waals surface area contributed by atoms with Gasteiger partial charge in [-0.3, -0.25) is 4.79 Å². The van der Waals surface area contributed by atoms with Crippen molar-refractivity contribution in [3.63, 3.8) is 0 Å². The molecule has 25 heavy (non-hydrogen) atoms. The molecule has 4 aromatic rings. The SMILES string of the molecule is Cc1sc2nc(C(C)Sc3ncnc4ccccc34)[nH]c(=O)c2c1C. The molecule has 126 valence electrons. The van der Waals surface area contributed by atoms with E-state index in [4.69, 9.17) is 4.98 Å². The van der Waals surface area contributed by atoms with E-state index in [2.05, 4.69) is 15.0 Å². The summed E-state index contributed by atoms with van der Waals surface area (Å²) in [5.74, 6) is 0.673. The lowest BCUT2D eigenvalue weighted by atomic mass is 10.2. The van der Waals surface area contributed by atoms with Crippen molar-refractivity contribution >= 4 is 44.2 Å². The zero-order chi connectivity index (χ0) is 17.6. The van der Waals surface area contributed by atoms with Crippen LogP contribution in [0.15, 0.2) is 40.4 Å². The molecule has 5 nitrogen and oxygen atoms in total. The topological polar surface area (TPSA) is 71.5 Å². The minimum atomic E-state index is -0.0677. The first-order valence-corrected chi connectivity index (χ1v) is 9.60. The Hall–Kier alpha value is -2.25. The van der Waals surface area contributed by atoms with Crippen LogP contribution in [0.25, 0.3) is 21.1 Å². The molecule has 0 amide bonds. The van der Waals surface area contributed by atoms with Gasteiger partial charge in [-0.1, -0.05) is 30.0 Å². The zero-order valence-electron chi connectivity index (χ0n) is 14.0. The fourth-order valence-corrected chi connectivity index (χ4v) is 4.76. The van der Waals surface area contributed by atoms with Crippen molar-refractivity contribution in [3.8, 4) is 0 Å². The molecule has 7 heteroatoms. The van der Waals surface area contributed by atoms with E-state index >= 15 is 0 Å². The van der Waals surface area contributed by atoms with Crippen molar-refractivity contribution in [1.82, 2.24) is 19.9 Å². The van der Waals surface area contributed by atoms with Gasteiger partial charge in [0.1, 0.15) is 22.0 Å². The first kappa shape index (κ1) is 16.2. The summed E-state index contributed by atoms with van der Waals surface area (Å²) in [5, 5.41) is 2.57. The number of benzene rings is 1. The Labute approximate surface area is 152 Å². The molecule has 0 aliphatic rings. The van der Waals surface area contributed by atoms with E-state index in [-0.39, 0.29) is 10.8 Å². The summed E-state index contributed by atoms with van der Waals surface area (Å²) in [6, 6.07) is 7.91. The quantitative estimate of drug-likeness (QED) is 0.429. The van der Waals surface area contributed by atoms with Crippen LogP contribution in [0.4, 0.5) is 0 Å². The van der Waals surface area contributed by atoms with Gasteiger partial charge in [-0.05, 0) is 32.4 Å². The standard InChI is InChI=1S/C18H16N4OS2/c1-9-10(2)24-18-14(9)16(23)21-15(22-18)11(3)25-17-12-6-4-5-7-13(12)19-8-20-17/h4-8,11H,1-3H3,(H,21,22,23). The van der Waals surface area contributed by atoms with Crippen LogP contribution in [-0.4, -0.2) is 19.9 Å². The second-order valence-corrected chi connectivity index (χ2v) is 8.40. The van der Waals surface area contributed by atoms with E-state index in [0.29, 0.717) is 11.2 Å². The van der Waals surface area contributed by atoms with Crippen LogP contribution in [0.1, 0.15) is 28.4 Å². The van der Waals surface area contributed by atoms with Crippen LogP contribution in [0.2, 0.25) is 0 Å². The summed E-state index contributed by atoms with van der Waals surface area (Å²) < 4.78 is 0. The number of thioether (sulfide) groups is 1. The molecule has 0 radical (unpaired) electrons. The number of para-hydroxylation sites is 1. The second-order valence-electron chi connectivity index (χ2n) is 5.87. The Balaban J connectivity index is 1.75. The number of aromatic amines is 1. The maximum Gasteiger partial charge on any atom is 0.259 e. The molecule has 1 atom stereocenters. The third-order valence-corrected chi connectivity index (χ3v) is 6.46. The summed E-state index contributed by atoms with van der Waals surface area (Å²) in [6.07, 6.45) is 1.57. The van der Waals surface area contributed by atoms with Gasteiger partial charge in [0.2, 0.25) is 0 Å². The monoisotopic (exact) mass is 368 g/mol. The first-order chi connectivity index (χ1) is 12.0. The molecule has 0 aliphatic heterocycles. The molecule has 0 aliphatic carbocycles. The Kier molecular flexibility index (Phi) is 4.05. The summed E-state index contributed by atoms with van der Waals surface area (Å²) in [7, 11) is 0. The van der Waals surface area contributed by atoms with E-state index < -0.39 is 0 Å². The van der Waals surface area contributed by atoms with Crippen LogP contribution in [-0.2, 0) is 0 Å². The van der Waals surface area contributed by atoms with Gasteiger partial charge in [-0.25, -0.2) is 15.0 Å². The fraction of sp³-hybridized carbons (Fsp3) is 0.222. The molecule has 4 rings (SSSR count). The highest BCUT2D eigenvalue weighted by Crippen LogP contribution is 2.36. The minimum absolute atomic E-state index is 0.0295. The van der Waals surface area contributed by atoms with Crippen molar-refractivity contribution < 1.29 is 0 Å². The highest BCUT2D eigenvalue weighted by Gasteiger charge is 2.17. The molecule has 3 heterocycles. The van der Waals surface area contributed by atoms with E-state index in [0.717, 1.165) is 31.2 Å². The third-order valence-electron chi connectivity index (χ3n) is 4.24. The number of thiophene rings is 1. The van der Waals surface area contributed by atoms with Crippen molar-refractivity contribution in [1.29, 1.82) is 0 Å². The predicted molar refractivity (Wildman–Crippen MR) is 104 cm³/mol. The molecular weight excluding hydrogens is 352 g/mol. The summed E-state index contributed by atoms with van der Waals surface area (Å²) in [4.78, 5) is 30.8. The second kappa shape index (κ2) is 6.24. The van der Waals surface area contributed by atoms with Crippen LogP contribution in [0, 0.1) is 13.8 Å². The van der Waals surface area contributed by atoms with Gasteiger partial charge < -0.3 is 4.98 Å². The van der Waals surface area contributed by atoms with Gasteiger partial charge in [-0.2, -0.15) is 0 Å². The van der Waals surface area contributed by atoms with Crippen molar-refractivity contribution in [2.45, 2.75) is 31.0 Å². The Bertz CT molecular complexity index is 1140. The normalized spacial score (nSPS) is 12.8. The number of nitrogens with one attached hydrogen (secondary N) is 1. The van der Waals surface area contributed by atoms with Gasteiger partial charge in [0.05, 0.1) is 16.2 Å². The smallest absolute Gasteiger partial charge is 0.259 e. The zero-order valence-corrected chi connectivity index (χ0v) is 15.7. The number of hydrogen-bond donors (Lipinski definition) is 1. The van der Waals surface area contributed by atoms with Crippen LogP contribution < -0.4 is 5.56 Å². The number of aryl methyl sites for hydroxylation is 2. The molecule has 0 saturated heterocycles. The Morgan fingerprint density at radius 3 is 2.84 bits per heavy atom. The molecule has 3 aromatic heterocycles. The van der Waals surface area contributed by atoms with Crippen molar-refractivity contribution in [2.24, 2.45) is 0 Å². The lowest BCUT2D eigenvalue weighted by molar-refractivity contribution is 0.921. The molecule has 1 N–H and O–H groups in total. The lowest BCUT2D eigenvalue weighted by Crippen LogP contribution is -2.12. The number of fused-ring (bicyclic) bond motifs is 2. The molecule has 1 unspecified atom stereocenters. The van der Waals surface area contributed by atoms with Crippen molar-refractivity contribution in [3.05, 3.63) is 57.2 Å². The van der Waals surface area contributed by atoms with Gasteiger partial charge in [0.25, 0.3) is 5.56 Å². The molecule has 1 aromatic carbocycles. The number of nitrogens with zero attached hydrogens (tertiary/aromatic N) is 3. The van der Waals surface area contributed by atoms with Gasteiger partial charge >= 0.3 is 0 Å². The van der Waals surface area contributed by atoms with Gasteiger partial charge in [0, 0.05) is 10.3 Å². The highest BCUT2D eigenvalue weighted by atomic mass is 32.2. The van der Waals surface area contributed by atoms with Crippen molar-refractivity contribution in [2.75, 3.05) is 0 Å². The van der Waals surface area contributed by atoms with E-state index in [1.54, 1.807) is 29.4 Å². The number of H-pyrrole nitrogens is 1. The molecule has 0 spiro atoms. The maximum atomic E-state index is 12.5. The van der Waals surface area contributed by atoms with Crippen LogP contribution in [0.3, 0.4) is 0 Å². The average Bonchev–Trinajstić information content (AvgIpc) is 2.90. The van der Waals surface area contributed by atoms with E-state index in [9.17, 15) is 4.79 Å². The highest BCUT2D eigenvalue weighted by molar-refractivity contribution is 7.99. The molecule has 0 saturated carbocycles. The molecular formula is C18H16N4OS2. The maximum absolute atomic E-state index is 12.5.